The Labute approximate surface area is 170 Å². The highest BCUT2D eigenvalue weighted by atomic mass is 35.5. The first-order valence-corrected chi connectivity index (χ1v) is 9.07. The molecule has 0 bridgehead atoms. The van der Waals surface area contributed by atoms with Gasteiger partial charge in [0.05, 0.1) is 9.85 Å². The molecule has 0 aromatic heterocycles. The number of ether oxygens (including phenoxy) is 1. The second-order valence-electron chi connectivity index (χ2n) is 6.27. The topological polar surface area (TPSA) is 119 Å². The summed E-state index contributed by atoms with van der Waals surface area (Å²) in [5.74, 6) is -0.359. The molecule has 1 aliphatic rings. The number of piperazine rings is 1. The number of halogens is 1. The highest BCUT2D eigenvalue weighted by molar-refractivity contribution is 6.30. The van der Waals surface area contributed by atoms with Crippen LogP contribution in [0.3, 0.4) is 0 Å². The van der Waals surface area contributed by atoms with E-state index >= 15 is 0 Å². The number of nitro groups is 2. The zero-order chi connectivity index (χ0) is 21.0. The number of hydrogen-bond acceptors (Lipinski definition) is 7. The Morgan fingerprint density at radius 1 is 1.00 bits per heavy atom. The fourth-order valence-electron chi connectivity index (χ4n) is 3.07. The van der Waals surface area contributed by atoms with Crippen LogP contribution in [0, 0.1) is 20.2 Å². The lowest BCUT2D eigenvalue weighted by Gasteiger charge is -2.35. The van der Waals surface area contributed by atoms with Gasteiger partial charge in [-0.3, -0.25) is 25.0 Å². The predicted molar refractivity (Wildman–Crippen MR) is 105 cm³/mol. The number of anilines is 1. The lowest BCUT2D eigenvalue weighted by atomic mass is 10.2. The minimum absolute atomic E-state index is 0.0191. The fraction of sp³-hybridized carbons (Fsp3) is 0.278. The lowest BCUT2D eigenvalue weighted by Crippen LogP contribution is -2.50. The third-order valence-electron chi connectivity index (χ3n) is 4.52. The van der Waals surface area contributed by atoms with Crippen molar-refractivity contribution in [2.45, 2.75) is 0 Å². The lowest BCUT2D eigenvalue weighted by molar-refractivity contribution is -0.385. The number of hydrogen-bond donors (Lipinski definition) is 0. The highest BCUT2D eigenvalue weighted by Gasteiger charge is 2.26. The Bertz CT molecular complexity index is 946. The summed E-state index contributed by atoms with van der Waals surface area (Å²) in [5.41, 5.74) is 0.217. The van der Waals surface area contributed by atoms with E-state index in [1.165, 1.54) is 18.2 Å². The minimum atomic E-state index is -0.628. The standard InChI is InChI=1S/C18H17ClN4O6/c19-13-5-6-17(16(11-13)23(27)28)29-12-18(24)21-9-7-20(8-10-21)14-3-1-2-4-15(14)22(25)26/h1-6,11H,7-10,12H2. The predicted octanol–water partition coefficient (Wildman–Crippen LogP) is 2.88. The smallest absolute Gasteiger partial charge is 0.312 e. The Hall–Kier alpha value is -3.40. The van der Waals surface area contributed by atoms with Crippen LogP contribution in [0.1, 0.15) is 0 Å². The van der Waals surface area contributed by atoms with Crippen LogP contribution in [0.2, 0.25) is 5.02 Å². The maximum atomic E-state index is 12.4. The maximum Gasteiger partial charge on any atom is 0.312 e. The summed E-state index contributed by atoms with van der Waals surface area (Å²) in [7, 11) is 0. The van der Waals surface area contributed by atoms with E-state index in [2.05, 4.69) is 0 Å². The number of carbonyl (C=O) groups is 1. The molecule has 0 aliphatic carbocycles. The molecule has 1 aliphatic heterocycles. The molecule has 0 N–H and O–H groups in total. The minimum Gasteiger partial charge on any atom is -0.477 e. The van der Waals surface area contributed by atoms with Gasteiger partial charge >= 0.3 is 5.69 Å². The highest BCUT2D eigenvalue weighted by Crippen LogP contribution is 2.30. The first kappa shape index (κ1) is 20.3. The molecule has 0 saturated carbocycles. The van der Waals surface area contributed by atoms with Gasteiger partial charge in [0.25, 0.3) is 11.6 Å². The normalized spacial score (nSPS) is 13.8. The van der Waals surface area contributed by atoms with Gasteiger partial charge in [0.1, 0.15) is 5.69 Å². The number of amides is 1. The van der Waals surface area contributed by atoms with Crippen LogP contribution in [-0.4, -0.2) is 53.4 Å². The molecule has 0 radical (unpaired) electrons. The van der Waals surface area contributed by atoms with E-state index in [1.807, 2.05) is 4.90 Å². The van der Waals surface area contributed by atoms with Crippen LogP contribution >= 0.6 is 11.6 Å². The summed E-state index contributed by atoms with van der Waals surface area (Å²) >= 11 is 5.76. The Balaban J connectivity index is 1.59. The Morgan fingerprint density at radius 3 is 2.31 bits per heavy atom. The third-order valence-corrected chi connectivity index (χ3v) is 4.76. The SMILES string of the molecule is O=C(COc1ccc(Cl)cc1[N+](=O)[O-])N1CCN(c2ccccc2[N+](=O)[O-])CC1. The van der Waals surface area contributed by atoms with E-state index in [0.29, 0.717) is 31.9 Å². The second-order valence-corrected chi connectivity index (χ2v) is 6.71. The average Bonchev–Trinajstić information content (AvgIpc) is 2.72. The molecule has 1 saturated heterocycles. The fourth-order valence-corrected chi connectivity index (χ4v) is 3.24. The molecule has 0 unspecified atom stereocenters. The number of rotatable bonds is 6. The first-order chi connectivity index (χ1) is 13.9. The zero-order valence-corrected chi connectivity index (χ0v) is 15.9. The molecular formula is C18H17ClN4O6. The molecule has 11 heteroatoms. The number of para-hydroxylation sites is 2. The van der Waals surface area contributed by atoms with Gasteiger partial charge in [0.15, 0.2) is 12.4 Å². The van der Waals surface area contributed by atoms with Crippen molar-refractivity contribution in [1.29, 1.82) is 0 Å². The Morgan fingerprint density at radius 2 is 1.66 bits per heavy atom. The number of nitro benzene ring substituents is 2. The maximum absolute atomic E-state index is 12.4. The van der Waals surface area contributed by atoms with E-state index in [1.54, 1.807) is 23.1 Å². The Kier molecular flexibility index (Phi) is 6.13. The quantitative estimate of drug-likeness (QED) is 0.520. The van der Waals surface area contributed by atoms with Gasteiger partial charge < -0.3 is 14.5 Å². The molecule has 1 heterocycles. The van der Waals surface area contributed by atoms with E-state index in [0.717, 1.165) is 6.07 Å². The molecule has 2 aromatic rings. The van der Waals surface area contributed by atoms with Crippen molar-refractivity contribution in [3.8, 4) is 5.75 Å². The molecule has 1 amide bonds. The number of carbonyl (C=O) groups excluding carboxylic acids is 1. The van der Waals surface area contributed by atoms with Crippen molar-refractivity contribution in [2.75, 3.05) is 37.7 Å². The molecule has 0 atom stereocenters. The summed E-state index contributed by atoms with van der Waals surface area (Å²) in [6.07, 6.45) is 0. The molecule has 10 nitrogen and oxygen atoms in total. The molecule has 29 heavy (non-hydrogen) atoms. The van der Waals surface area contributed by atoms with E-state index in [4.69, 9.17) is 16.3 Å². The number of nitrogens with zero attached hydrogens (tertiary/aromatic N) is 4. The van der Waals surface area contributed by atoms with Gasteiger partial charge in [-0.25, -0.2) is 0 Å². The number of benzene rings is 2. The van der Waals surface area contributed by atoms with Crippen molar-refractivity contribution in [3.05, 3.63) is 67.7 Å². The van der Waals surface area contributed by atoms with Crippen LogP contribution in [0.15, 0.2) is 42.5 Å². The van der Waals surface area contributed by atoms with Crippen molar-refractivity contribution >= 4 is 34.6 Å². The van der Waals surface area contributed by atoms with Crippen LogP contribution < -0.4 is 9.64 Å². The second kappa shape index (κ2) is 8.74. The zero-order valence-electron chi connectivity index (χ0n) is 15.2. The molecule has 3 rings (SSSR count). The van der Waals surface area contributed by atoms with Gasteiger partial charge in [0, 0.05) is 43.3 Å². The molecule has 1 fully saturated rings. The van der Waals surface area contributed by atoms with Gasteiger partial charge in [-0.05, 0) is 18.2 Å². The van der Waals surface area contributed by atoms with Crippen LogP contribution in [0.25, 0.3) is 0 Å². The summed E-state index contributed by atoms with van der Waals surface area (Å²) < 4.78 is 5.34. The monoisotopic (exact) mass is 420 g/mol. The van der Waals surface area contributed by atoms with Crippen LogP contribution in [0.4, 0.5) is 17.1 Å². The van der Waals surface area contributed by atoms with Gasteiger partial charge in [-0.2, -0.15) is 0 Å². The van der Waals surface area contributed by atoms with E-state index in [9.17, 15) is 25.0 Å². The molecule has 0 spiro atoms. The van der Waals surface area contributed by atoms with E-state index < -0.39 is 9.85 Å². The summed E-state index contributed by atoms with van der Waals surface area (Å²) in [6.45, 7) is 1.22. The van der Waals surface area contributed by atoms with Gasteiger partial charge in [0.2, 0.25) is 0 Å². The summed E-state index contributed by atoms with van der Waals surface area (Å²) in [6, 6.07) is 10.4. The summed E-state index contributed by atoms with van der Waals surface area (Å²) in [4.78, 5) is 37.1. The van der Waals surface area contributed by atoms with E-state index in [-0.39, 0.29) is 34.7 Å². The van der Waals surface area contributed by atoms with Crippen molar-refractivity contribution < 1.29 is 19.4 Å². The van der Waals surface area contributed by atoms with Crippen LogP contribution in [0.5, 0.6) is 5.75 Å². The third kappa shape index (κ3) is 4.72. The molecule has 152 valence electrons. The van der Waals surface area contributed by atoms with Crippen molar-refractivity contribution in [2.24, 2.45) is 0 Å². The van der Waals surface area contributed by atoms with Gasteiger partial charge in [-0.1, -0.05) is 23.7 Å². The van der Waals surface area contributed by atoms with Crippen LogP contribution in [-0.2, 0) is 4.79 Å². The molecule has 2 aromatic carbocycles. The average molecular weight is 421 g/mol. The first-order valence-electron chi connectivity index (χ1n) is 8.69. The molecular weight excluding hydrogens is 404 g/mol. The largest absolute Gasteiger partial charge is 0.477 e. The summed E-state index contributed by atoms with van der Waals surface area (Å²) in [5, 5.41) is 22.5. The van der Waals surface area contributed by atoms with Gasteiger partial charge in [-0.15, -0.1) is 0 Å². The van der Waals surface area contributed by atoms with Crippen molar-refractivity contribution in [3.63, 3.8) is 0 Å². The van der Waals surface area contributed by atoms with Crippen molar-refractivity contribution in [1.82, 2.24) is 4.90 Å².